The molecule has 0 aliphatic carbocycles. The molecule has 0 bridgehead atoms. The number of hydrogen-bond donors (Lipinski definition) is 1. The number of thiol groups is 1. The van der Waals surface area contributed by atoms with Gasteiger partial charge in [0, 0.05) is 12.7 Å². The zero-order chi connectivity index (χ0) is 13.0. The highest BCUT2D eigenvalue weighted by Crippen LogP contribution is 2.07. The topological polar surface area (TPSA) is 47.2 Å². The predicted molar refractivity (Wildman–Crippen MR) is 75.7 cm³/mol. The third-order valence-electron chi connectivity index (χ3n) is 2.21. The van der Waals surface area contributed by atoms with Crippen molar-refractivity contribution in [3.05, 3.63) is 40.1 Å². The van der Waals surface area contributed by atoms with Crippen LogP contribution in [0, 0.1) is 0 Å². The molecular weight excluding hydrogens is 266 g/mol. The van der Waals surface area contributed by atoms with Crippen LogP contribution in [0.3, 0.4) is 0 Å². The number of ketones is 1. The first kappa shape index (κ1) is 13.0. The standard InChI is InChI=1S/C12H13N3OS2/c1-9(16)11-14-15(10-5-3-2-4-6-10)12(18-11)13-7-8-17/h2-6,17H,7-8H2,1H3. The van der Waals surface area contributed by atoms with E-state index in [9.17, 15) is 4.79 Å². The highest BCUT2D eigenvalue weighted by molar-refractivity contribution is 7.80. The summed E-state index contributed by atoms with van der Waals surface area (Å²) < 4.78 is 1.70. The molecule has 0 saturated carbocycles. The van der Waals surface area contributed by atoms with Gasteiger partial charge in [-0.25, -0.2) is 4.68 Å². The fourth-order valence-electron chi connectivity index (χ4n) is 1.41. The fourth-order valence-corrected chi connectivity index (χ4v) is 2.34. The molecule has 1 aromatic heterocycles. The zero-order valence-electron chi connectivity index (χ0n) is 9.91. The van der Waals surface area contributed by atoms with Crippen LogP contribution in [-0.2, 0) is 0 Å². The minimum absolute atomic E-state index is 0.0444. The van der Waals surface area contributed by atoms with E-state index in [0.717, 1.165) is 10.5 Å². The Morgan fingerprint density at radius 2 is 2.17 bits per heavy atom. The van der Waals surface area contributed by atoms with Crippen LogP contribution < -0.4 is 4.80 Å². The molecule has 0 atom stereocenters. The van der Waals surface area contributed by atoms with E-state index in [1.165, 1.54) is 18.3 Å². The number of nitrogens with zero attached hydrogens (tertiary/aromatic N) is 3. The fraction of sp³-hybridized carbons (Fsp3) is 0.250. The summed E-state index contributed by atoms with van der Waals surface area (Å²) in [4.78, 5) is 16.5. The molecule has 0 aliphatic rings. The van der Waals surface area contributed by atoms with Crippen molar-refractivity contribution in [3.8, 4) is 5.69 Å². The molecule has 1 heterocycles. The van der Waals surface area contributed by atoms with Crippen molar-refractivity contribution in [3.63, 3.8) is 0 Å². The molecule has 0 N–H and O–H groups in total. The van der Waals surface area contributed by atoms with Gasteiger partial charge in [0.1, 0.15) is 0 Å². The molecule has 94 valence electrons. The summed E-state index contributed by atoms with van der Waals surface area (Å²) in [6.45, 7) is 2.12. The number of aromatic nitrogens is 2. The molecule has 1 aromatic carbocycles. The lowest BCUT2D eigenvalue weighted by Crippen LogP contribution is -2.15. The number of hydrogen-bond acceptors (Lipinski definition) is 5. The molecule has 18 heavy (non-hydrogen) atoms. The second-order valence-corrected chi connectivity index (χ2v) is 5.00. The Hall–Kier alpha value is -1.40. The van der Waals surface area contributed by atoms with Crippen LogP contribution in [0.1, 0.15) is 16.7 Å². The second kappa shape index (κ2) is 5.97. The van der Waals surface area contributed by atoms with Crippen LogP contribution in [0.25, 0.3) is 5.69 Å². The van der Waals surface area contributed by atoms with Crippen LogP contribution in [0.4, 0.5) is 0 Å². The van der Waals surface area contributed by atoms with E-state index in [1.807, 2.05) is 30.3 Å². The number of carbonyl (C=O) groups excluding carboxylic acids is 1. The van der Waals surface area contributed by atoms with E-state index < -0.39 is 0 Å². The van der Waals surface area contributed by atoms with Gasteiger partial charge in [-0.05, 0) is 12.1 Å². The molecule has 0 spiro atoms. The van der Waals surface area contributed by atoms with E-state index in [-0.39, 0.29) is 5.78 Å². The highest BCUT2D eigenvalue weighted by Gasteiger charge is 2.09. The zero-order valence-corrected chi connectivity index (χ0v) is 11.6. The van der Waals surface area contributed by atoms with Crippen LogP contribution in [0.5, 0.6) is 0 Å². The molecule has 6 heteroatoms. The van der Waals surface area contributed by atoms with Gasteiger partial charge in [0.05, 0.1) is 12.2 Å². The number of carbonyl (C=O) groups is 1. The van der Waals surface area contributed by atoms with Gasteiger partial charge in [0.25, 0.3) is 0 Å². The molecular formula is C12H13N3OS2. The summed E-state index contributed by atoms with van der Waals surface area (Å²) in [6, 6.07) is 9.66. The summed E-state index contributed by atoms with van der Waals surface area (Å²) in [5.74, 6) is 0.624. The van der Waals surface area contributed by atoms with Crippen LogP contribution in [0.2, 0.25) is 0 Å². The van der Waals surface area contributed by atoms with Crippen LogP contribution in [-0.4, -0.2) is 27.9 Å². The van der Waals surface area contributed by atoms with Gasteiger partial charge in [0.15, 0.2) is 10.8 Å². The van der Waals surface area contributed by atoms with E-state index in [0.29, 0.717) is 17.3 Å². The third-order valence-corrected chi connectivity index (χ3v) is 3.46. The van der Waals surface area contributed by atoms with Gasteiger partial charge in [-0.15, -0.1) is 0 Å². The molecule has 0 saturated heterocycles. The van der Waals surface area contributed by atoms with Crippen molar-refractivity contribution in [1.29, 1.82) is 0 Å². The molecule has 0 radical (unpaired) electrons. The number of benzene rings is 1. The number of Topliss-reactive ketones (excluding diaryl/α,β-unsaturated/α-hetero) is 1. The first-order valence-electron chi connectivity index (χ1n) is 5.50. The van der Waals surface area contributed by atoms with Crippen molar-refractivity contribution in [2.24, 2.45) is 4.99 Å². The van der Waals surface area contributed by atoms with Crippen molar-refractivity contribution in [2.75, 3.05) is 12.3 Å². The van der Waals surface area contributed by atoms with E-state index >= 15 is 0 Å². The maximum absolute atomic E-state index is 11.4. The molecule has 0 unspecified atom stereocenters. The van der Waals surface area contributed by atoms with Crippen molar-refractivity contribution >= 4 is 29.7 Å². The van der Waals surface area contributed by atoms with E-state index in [2.05, 4.69) is 22.7 Å². The SMILES string of the molecule is CC(=O)c1nn(-c2ccccc2)c(=NCCS)s1. The Labute approximate surface area is 114 Å². The molecule has 0 fully saturated rings. The Bertz CT molecular complexity index is 601. The van der Waals surface area contributed by atoms with Gasteiger partial charge >= 0.3 is 0 Å². The first-order valence-corrected chi connectivity index (χ1v) is 6.95. The molecule has 0 amide bonds. The monoisotopic (exact) mass is 279 g/mol. The third kappa shape index (κ3) is 2.88. The Morgan fingerprint density at radius 3 is 2.78 bits per heavy atom. The molecule has 2 aromatic rings. The summed E-state index contributed by atoms with van der Waals surface area (Å²) in [6.07, 6.45) is 0. The van der Waals surface area contributed by atoms with Gasteiger partial charge in [-0.2, -0.15) is 17.7 Å². The summed E-state index contributed by atoms with van der Waals surface area (Å²) in [5, 5.41) is 4.77. The minimum Gasteiger partial charge on any atom is -0.292 e. The van der Waals surface area contributed by atoms with Gasteiger partial charge in [-0.3, -0.25) is 9.79 Å². The average molecular weight is 279 g/mol. The lowest BCUT2D eigenvalue weighted by atomic mass is 10.3. The molecule has 0 aliphatic heterocycles. The van der Waals surface area contributed by atoms with Crippen molar-refractivity contribution in [2.45, 2.75) is 6.92 Å². The smallest absolute Gasteiger partial charge is 0.208 e. The Balaban J connectivity index is 2.55. The predicted octanol–water partition coefficient (Wildman–Crippen LogP) is 1.97. The minimum atomic E-state index is -0.0444. The summed E-state index contributed by atoms with van der Waals surface area (Å²) in [7, 11) is 0. The molecule has 2 rings (SSSR count). The van der Waals surface area contributed by atoms with E-state index in [1.54, 1.807) is 4.68 Å². The van der Waals surface area contributed by atoms with E-state index in [4.69, 9.17) is 0 Å². The molecule has 4 nitrogen and oxygen atoms in total. The first-order chi connectivity index (χ1) is 8.72. The van der Waals surface area contributed by atoms with Gasteiger partial charge in [0.2, 0.25) is 4.80 Å². The average Bonchev–Trinajstić information content (AvgIpc) is 2.81. The lowest BCUT2D eigenvalue weighted by Gasteiger charge is -1.99. The van der Waals surface area contributed by atoms with Gasteiger partial charge in [-0.1, -0.05) is 29.5 Å². The lowest BCUT2D eigenvalue weighted by molar-refractivity contribution is 0.101. The Morgan fingerprint density at radius 1 is 1.44 bits per heavy atom. The van der Waals surface area contributed by atoms with Crippen LogP contribution in [0.15, 0.2) is 35.3 Å². The van der Waals surface area contributed by atoms with Crippen LogP contribution >= 0.6 is 24.0 Å². The summed E-state index contributed by atoms with van der Waals surface area (Å²) >= 11 is 5.44. The maximum atomic E-state index is 11.4. The number of para-hydroxylation sites is 1. The largest absolute Gasteiger partial charge is 0.292 e. The summed E-state index contributed by atoms with van der Waals surface area (Å²) in [5.41, 5.74) is 0.902. The normalized spacial score (nSPS) is 11.8. The quantitative estimate of drug-likeness (QED) is 0.687. The Kier molecular flexibility index (Phi) is 4.33. The maximum Gasteiger partial charge on any atom is 0.208 e. The second-order valence-electron chi connectivity index (χ2n) is 3.60. The highest BCUT2D eigenvalue weighted by atomic mass is 32.1. The van der Waals surface area contributed by atoms with Crippen molar-refractivity contribution in [1.82, 2.24) is 9.78 Å². The number of rotatable bonds is 4. The van der Waals surface area contributed by atoms with Crippen molar-refractivity contribution < 1.29 is 4.79 Å². The van der Waals surface area contributed by atoms with Gasteiger partial charge < -0.3 is 0 Å².